The van der Waals surface area contributed by atoms with Gasteiger partial charge >= 0.3 is 0 Å². The molecule has 1 unspecified atom stereocenters. The Morgan fingerprint density at radius 1 is 1.50 bits per heavy atom. The van der Waals surface area contributed by atoms with Crippen molar-refractivity contribution >= 4 is 5.65 Å². The average Bonchev–Trinajstić information content (AvgIpc) is 2.96. The van der Waals surface area contributed by atoms with Gasteiger partial charge in [-0.1, -0.05) is 0 Å². The molecular weight excluding hydrogens is 204 g/mol. The maximum atomic E-state index is 5.61. The van der Waals surface area contributed by atoms with E-state index in [2.05, 4.69) is 10.2 Å². The Bertz CT molecular complexity index is 502. The van der Waals surface area contributed by atoms with Crippen LogP contribution in [0.1, 0.15) is 30.3 Å². The standard InChI is InChI=1S/C11H14N4O/c12-7-8-3-4-15-10(6-8)13-14-11(15)9-2-1-5-16-9/h3-4,6,9H,1-2,5,7,12H2. The molecule has 2 aromatic rings. The average molecular weight is 218 g/mol. The molecule has 16 heavy (non-hydrogen) atoms. The van der Waals surface area contributed by atoms with E-state index >= 15 is 0 Å². The summed E-state index contributed by atoms with van der Waals surface area (Å²) in [7, 11) is 0. The molecule has 5 nitrogen and oxygen atoms in total. The lowest BCUT2D eigenvalue weighted by Crippen LogP contribution is -2.03. The number of hydrogen-bond donors (Lipinski definition) is 1. The van der Waals surface area contributed by atoms with Gasteiger partial charge in [-0.05, 0) is 30.5 Å². The minimum absolute atomic E-state index is 0.0960. The summed E-state index contributed by atoms with van der Waals surface area (Å²) in [6.07, 6.45) is 4.19. The quantitative estimate of drug-likeness (QED) is 0.818. The second kappa shape index (κ2) is 3.84. The van der Waals surface area contributed by atoms with Crippen molar-refractivity contribution in [3.63, 3.8) is 0 Å². The van der Waals surface area contributed by atoms with Crippen LogP contribution in [0.4, 0.5) is 0 Å². The zero-order valence-electron chi connectivity index (χ0n) is 8.97. The van der Waals surface area contributed by atoms with Gasteiger partial charge in [0.05, 0.1) is 0 Å². The molecule has 3 rings (SSSR count). The van der Waals surface area contributed by atoms with Crippen LogP contribution < -0.4 is 5.73 Å². The topological polar surface area (TPSA) is 65.4 Å². The summed E-state index contributed by atoms with van der Waals surface area (Å²) in [4.78, 5) is 0. The number of pyridine rings is 1. The van der Waals surface area contributed by atoms with E-state index in [1.807, 2.05) is 22.7 Å². The van der Waals surface area contributed by atoms with Crippen LogP contribution >= 0.6 is 0 Å². The third-order valence-corrected chi connectivity index (χ3v) is 2.95. The highest BCUT2D eigenvalue weighted by Gasteiger charge is 2.22. The highest BCUT2D eigenvalue weighted by molar-refractivity contribution is 5.41. The van der Waals surface area contributed by atoms with E-state index in [4.69, 9.17) is 10.5 Å². The molecule has 0 aromatic carbocycles. The van der Waals surface area contributed by atoms with E-state index in [9.17, 15) is 0 Å². The maximum absolute atomic E-state index is 5.61. The normalized spacial score (nSPS) is 20.7. The highest BCUT2D eigenvalue weighted by Crippen LogP contribution is 2.27. The SMILES string of the molecule is NCc1ccn2c(C3CCCO3)nnc2c1. The van der Waals surface area contributed by atoms with Gasteiger partial charge in [-0.25, -0.2) is 0 Å². The van der Waals surface area contributed by atoms with Gasteiger partial charge in [0.1, 0.15) is 6.10 Å². The Labute approximate surface area is 93.2 Å². The summed E-state index contributed by atoms with van der Waals surface area (Å²) in [5.41, 5.74) is 7.50. The van der Waals surface area contributed by atoms with Crippen LogP contribution in [0, 0.1) is 0 Å². The molecule has 2 aromatic heterocycles. The van der Waals surface area contributed by atoms with Gasteiger partial charge in [-0.15, -0.1) is 10.2 Å². The molecule has 0 aliphatic carbocycles. The molecule has 1 aliphatic rings. The minimum atomic E-state index is 0.0960. The van der Waals surface area contributed by atoms with Gasteiger partial charge in [0.25, 0.3) is 0 Å². The van der Waals surface area contributed by atoms with E-state index in [0.717, 1.165) is 36.5 Å². The van der Waals surface area contributed by atoms with Crippen LogP contribution in [0.2, 0.25) is 0 Å². The van der Waals surface area contributed by atoms with Gasteiger partial charge in [0.2, 0.25) is 0 Å². The van der Waals surface area contributed by atoms with Gasteiger partial charge < -0.3 is 10.5 Å². The first-order valence-electron chi connectivity index (χ1n) is 5.54. The zero-order chi connectivity index (χ0) is 11.0. The predicted molar refractivity (Wildman–Crippen MR) is 58.8 cm³/mol. The van der Waals surface area contributed by atoms with Crippen LogP contribution in [0.5, 0.6) is 0 Å². The van der Waals surface area contributed by atoms with Crippen molar-refractivity contribution in [2.24, 2.45) is 5.73 Å². The van der Waals surface area contributed by atoms with Crippen molar-refractivity contribution in [1.82, 2.24) is 14.6 Å². The summed E-state index contributed by atoms with van der Waals surface area (Å²) in [5, 5.41) is 8.35. The monoisotopic (exact) mass is 218 g/mol. The Hall–Kier alpha value is -1.46. The van der Waals surface area contributed by atoms with E-state index in [1.54, 1.807) is 0 Å². The maximum Gasteiger partial charge on any atom is 0.166 e. The Kier molecular flexibility index (Phi) is 2.34. The molecule has 1 saturated heterocycles. The number of nitrogens with two attached hydrogens (primary N) is 1. The van der Waals surface area contributed by atoms with Crippen LogP contribution in [0.25, 0.3) is 5.65 Å². The van der Waals surface area contributed by atoms with Crippen molar-refractivity contribution in [3.8, 4) is 0 Å². The lowest BCUT2D eigenvalue weighted by Gasteiger charge is -2.07. The van der Waals surface area contributed by atoms with Gasteiger partial charge in [0.15, 0.2) is 11.5 Å². The fraction of sp³-hybridized carbons (Fsp3) is 0.455. The fourth-order valence-corrected chi connectivity index (χ4v) is 2.08. The Balaban J connectivity index is 2.06. The smallest absolute Gasteiger partial charge is 0.166 e. The zero-order valence-corrected chi connectivity index (χ0v) is 8.97. The lowest BCUT2D eigenvalue weighted by molar-refractivity contribution is 0.104. The van der Waals surface area contributed by atoms with E-state index in [-0.39, 0.29) is 6.10 Å². The number of nitrogens with zero attached hydrogens (tertiary/aromatic N) is 3. The molecule has 1 atom stereocenters. The molecule has 1 aliphatic heterocycles. The summed E-state index contributed by atoms with van der Waals surface area (Å²) in [6.45, 7) is 1.35. The fourth-order valence-electron chi connectivity index (χ4n) is 2.08. The Morgan fingerprint density at radius 2 is 2.44 bits per heavy atom. The van der Waals surface area contributed by atoms with Gasteiger partial charge in [-0.2, -0.15) is 0 Å². The van der Waals surface area contributed by atoms with Crippen LogP contribution in [-0.2, 0) is 11.3 Å². The molecule has 0 amide bonds. The summed E-state index contributed by atoms with van der Waals surface area (Å²) in [6, 6.07) is 3.96. The van der Waals surface area contributed by atoms with Crippen molar-refractivity contribution in [1.29, 1.82) is 0 Å². The van der Waals surface area contributed by atoms with E-state index < -0.39 is 0 Å². The second-order valence-electron chi connectivity index (χ2n) is 4.03. The molecule has 0 spiro atoms. The molecule has 3 heterocycles. The van der Waals surface area contributed by atoms with Crippen molar-refractivity contribution < 1.29 is 4.74 Å². The van der Waals surface area contributed by atoms with Crippen molar-refractivity contribution in [2.45, 2.75) is 25.5 Å². The summed E-state index contributed by atoms with van der Waals surface area (Å²) >= 11 is 0. The van der Waals surface area contributed by atoms with Crippen LogP contribution in [0.3, 0.4) is 0 Å². The first kappa shape index (κ1) is 9.74. The van der Waals surface area contributed by atoms with Crippen LogP contribution in [-0.4, -0.2) is 21.2 Å². The predicted octanol–water partition coefficient (Wildman–Crippen LogP) is 1.04. The van der Waals surface area contributed by atoms with Crippen molar-refractivity contribution in [2.75, 3.05) is 6.61 Å². The summed E-state index contributed by atoms with van der Waals surface area (Å²) < 4.78 is 7.60. The number of rotatable bonds is 2. The number of aromatic nitrogens is 3. The van der Waals surface area contributed by atoms with Gasteiger partial charge in [-0.3, -0.25) is 4.40 Å². The lowest BCUT2D eigenvalue weighted by atomic mass is 10.2. The first-order chi connectivity index (χ1) is 7.88. The highest BCUT2D eigenvalue weighted by atomic mass is 16.5. The molecule has 0 saturated carbocycles. The third kappa shape index (κ3) is 1.48. The second-order valence-corrected chi connectivity index (χ2v) is 4.03. The summed E-state index contributed by atoms with van der Waals surface area (Å²) in [5.74, 6) is 0.899. The molecular formula is C11H14N4O. The third-order valence-electron chi connectivity index (χ3n) is 2.95. The van der Waals surface area contributed by atoms with Gasteiger partial charge in [0, 0.05) is 19.3 Å². The van der Waals surface area contributed by atoms with Crippen LogP contribution in [0.15, 0.2) is 18.3 Å². The molecule has 84 valence electrons. The van der Waals surface area contributed by atoms with E-state index in [1.165, 1.54) is 0 Å². The number of fused-ring (bicyclic) bond motifs is 1. The molecule has 2 N–H and O–H groups in total. The molecule has 0 radical (unpaired) electrons. The van der Waals surface area contributed by atoms with E-state index in [0.29, 0.717) is 6.54 Å². The first-order valence-corrected chi connectivity index (χ1v) is 5.54. The Morgan fingerprint density at radius 3 is 3.19 bits per heavy atom. The van der Waals surface area contributed by atoms with Crippen molar-refractivity contribution in [3.05, 3.63) is 29.7 Å². The molecule has 0 bridgehead atoms. The molecule has 1 fully saturated rings. The number of hydrogen-bond acceptors (Lipinski definition) is 4. The largest absolute Gasteiger partial charge is 0.370 e. The molecule has 5 heteroatoms. The minimum Gasteiger partial charge on any atom is -0.370 e. The number of ether oxygens (including phenoxy) is 1.